The molecule has 5 heteroatoms. The molecule has 49 heavy (non-hydrogen) atoms. The third-order valence-corrected chi connectivity index (χ3v) is 9.73. The second kappa shape index (κ2) is 10.2. The van der Waals surface area contributed by atoms with Crippen LogP contribution in [0.2, 0.25) is 0 Å². The van der Waals surface area contributed by atoms with Crippen molar-refractivity contribution in [2.45, 2.75) is 0 Å². The fourth-order valence-corrected chi connectivity index (χ4v) is 7.71. The van der Waals surface area contributed by atoms with Crippen LogP contribution in [0.4, 0.5) is 5.69 Å². The molecule has 226 valence electrons. The molecule has 10 rings (SSSR count). The van der Waals surface area contributed by atoms with Crippen LogP contribution >= 0.6 is 0 Å². The average Bonchev–Trinajstić information content (AvgIpc) is 3.82. The number of aromatic nitrogens is 2. The summed E-state index contributed by atoms with van der Waals surface area (Å²) >= 11 is 0. The third-order valence-electron chi connectivity index (χ3n) is 9.73. The molecule has 0 radical (unpaired) electrons. The topological polar surface area (TPSA) is 51.1 Å². The molecular weight excluding hydrogens is 601 g/mol. The van der Waals surface area contributed by atoms with Gasteiger partial charge < -0.3 is 13.6 Å². The SMILES string of the molecule is [C-]#[N+]c1cccc(-c2cc(C#N)cc(-n3c4ccccc4c4ccc5c6ccccc6oc5c43)c2)c1-n1c2ccccc2c2ccccc21. The summed E-state index contributed by atoms with van der Waals surface area (Å²) in [5.41, 5.74) is 10.1. The van der Waals surface area contributed by atoms with Crippen molar-refractivity contribution in [3.8, 4) is 28.6 Å². The highest BCUT2D eigenvalue weighted by atomic mass is 16.3. The van der Waals surface area contributed by atoms with Crippen LogP contribution < -0.4 is 0 Å². The molecule has 10 aromatic rings. The fraction of sp³-hybridized carbons (Fsp3) is 0. The van der Waals surface area contributed by atoms with Gasteiger partial charge in [-0.25, -0.2) is 4.85 Å². The molecular formula is C44H24N4O. The Morgan fingerprint density at radius 1 is 0.571 bits per heavy atom. The number of benzene rings is 7. The molecule has 0 saturated carbocycles. The van der Waals surface area contributed by atoms with Crippen LogP contribution in [-0.2, 0) is 0 Å². The van der Waals surface area contributed by atoms with Gasteiger partial charge in [0.1, 0.15) is 5.58 Å². The van der Waals surface area contributed by atoms with Crippen LogP contribution in [0.1, 0.15) is 5.56 Å². The van der Waals surface area contributed by atoms with E-state index in [2.05, 4.69) is 92.8 Å². The van der Waals surface area contributed by atoms with Crippen molar-refractivity contribution >= 4 is 71.2 Å². The molecule has 0 unspecified atom stereocenters. The second-order valence-electron chi connectivity index (χ2n) is 12.3. The maximum absolute atomic E-state index is 10.4. The van der Waals surface area contributed by atoms with Gasteiger partial charge in [-0.1, -0.05) is 97.1 Å². The first-order valence-electron chi connectivity index (χ1n) is 16.1. The zero-order chi connectivity index (χ0) is 32.6. The lowest BCUT2D eigenvalue weighted by Crippen LogP contribution is -2.00. The number of nitriles is 1. The number of hydrogen-bond acceptors (Lipinski definition) is 2. The van der Waals surface area contributed by atoms with E-state index in [0.717, 1.165) is 88.1 Å². The number of rotatable bonds is 3. The zero-order valence-corrected chi connectivity index (χ0v) is 26.1. The number of hydrogen-bond donors (Lipinski definition) is 0. The van der Waals surface area contributed by atoms with Gasteiger partial charge in [0.15, 0.2) is 5.58 Å². The van der Waals surface area contributed by atoms with Gasteiger partial charge in [-0.3, -0.25) is 0 Å². The van der Waals surface area contributed by atoms with Crippen LogP contribution in [0.3, 0.4) is 0 Å². The summed E-state index contributed by atoms with van der Waals surface area (Å²) in [4.78, 5) is 4.02. The summed E-state index contributed by atoms with van der Waals surface area (Å²) in [6, 6.07) is 51.7. The molecule has 0 spiro atoms. The van der Waals surface area contributed by atoms with Gasteiger partial charge in [-0.05, 0) is 59.7 Å². The number of nitrogens with zero attached hydrogens (tertiary/aromatic N) is 4. The minimum absolute atomic E-state index is 0.525. The predicted octanol–water partition coefficient (Wildman–Crippen LogP) is 11.9. The van der Waals surface area contributed by atoms with Crippen LogP contribution in [0, 0.1) is 17.9 Å². The summed E-state index contributed by atoms with van der Waals surface area (Å²) in [6.45, 7) is 8.24. The van der Waals surface area contributed by atoms with E-state index in [0.29, 0.717) is 11.3 Å². The van der Waals surface area contributed by atoms with Gasteiger partial charge >= 0.3 is 0 Å². The molecule has 0 N–H and O–H groups in total. The Morgan fingerprint density at radius 3 is 1.88 bits per heavy atom. The van der Waals surface area contributed by atoms with Crippen molar-refractivity contribution in [1.29, 1.82) is 5.26 Å². The van der Waals surface area contributed by atoms with Crippen LogP contribution in [0.5, 0.6) is 0 Å². The average molecular weight is 625 g/mol. The van der Waals surface area contributed by atoms with E-state index in [1.807, 2.05) is 72.8 Å². The van der Waals surface area contributed by atoms with Crippen molar-refractivity contribution in [3.63, 3.8) is 0 Å². The summed E-state index contributed by atoms with van der Waals surface area (Å²) in [5.74, 6) is 0. The van der Waals surface area contributed by atoms with E-state index in [-0.39, 0.29) is 0 Å². The summed E-state index contributed by atoms with van der Waals surface area (Å²) in [6.07, 6.45) is 0. The Bertz CT molecular complexity index is 3030. The molecule has 7 aromatic carbocycles. The molecule has 0 aliphatic carbocycles. The van der Waals surface area contributed by atoms with Gasteiger partial charge in [0.25, 0.3) is 0 Å². The first-order valence-corrected chi connectivity index (χ1v) is 16.1. The Balaban J connectivity index is 1.32. The van der Waals surface area contributed by atoms with Gasteiger partial charge in [0.05, 0.1) is 46.0 Å². The van der Waals surface area contributed by atoms with Crippen molar-refractivity contribution in [1.82, 2.24) is 9.13 Å². The van der Waals surface area contributed by atoms with Crippen LogP contribution in [-0.4, -0.2) is 9.13 Å². The van der Waals surface area contributed by atoms with Crippen molar-refractivity contribution in [2.24, 2.45) is 0 Å². The minimum atomic E-state index is 0.525. The van der Waals surface area contributed by atoms with E-state index < -0.39 is 0 Å². The highest BCUT2D eigenvalue weighted by Gasteiger charge is 2.22. The van der Waals surface area contributed by atoms with Crippen molar-refractivity contribution in [3.05, 3.63) is 163 Å². The molecule has 0 bridgehead atoms. The highest BCUT2D eigenvalue weighted by molar-refractivity contribution is 6.21. The summed E-state index contributed by atoms with van der Waals surface area (Å²) in [5, 5.41) is 17.0. The Labute approximate surface area is 280 Å². The smallest absolute Gasteiger partial charge is 0.211 e. The standard InChI is InChI=1S/C44H24N4O/c1-46-37-16-10-15-30(42(37)48-39-18-7-2-11-31(39)32-12-3-8-19-40(32)48)28-23-27(26-45)24-29(25-28)47-38-17-6-4-13-33(38)35-21-22-36-34-14-5-9-20-41(34)49-44(36)43(35)47/h2-25H. The normalized spacial score (nSPS) is 11.6. The monoisotopic (exact) mass is 624 g/mol. The molecule has 0 aliphatic heterocycles. The molecule has 0 aliphatic rings. The summed E-state index contributed by atoms with van der Waals surface area (Å²) < 4.78 is 11.0. The number of furan rings is 1. The summed E-state index contributed by atoms with van der Waals surface area (Å²) in [7, 11) is 0. The minimum Gasteiger partial charge on any atom is -0.454 e. The van der Waals surface area contributed by atoms with Gasteiger partial charge in [0, 0.05) is 38.0 Å². The fourth-order valence-electron chi connectivity index (χ4n) is 7.71. The quantitative estimate of drug-likeness (QED) is 0.184. The molecule has 3 heterocycles. The lowest BCUT2D eigenvalue weighted by Gasteiger charge is -2.17. The first-order chi connectivity index (χ1) is 24.2. The van der Waals surface area contributed by atoms with Gasteiger partial charge in [-0.2, -0.15) is 5.26 Å². The lowest BCUT2D eigenvalue weighted by atomic mass is 9.99. The maximum Gasteiger partial charge on any atom is 0.211 e. The third kappa shape index (κ3) is 3.79. The van der Waals surface area contributed by atoms with Crippen molar-refractivity contribution in [2.75, 3.05) is 0 Å². The Hall–Kier alpha value is -7.08. The number of para-hydroxylation sites is 5. The molecule has 0 saturated heterocycles. The Morgan fingerprint density at radius 2 is 1.18 bits per heavy atom. The molecule has 5 nitrogen and oxygen atoms in total. The van der Waals surface area contributed by atoms with E-state index in [9.17, 15) is 5.26 Å². The lowest BCUT2D eigenvalue weighted by molar-refractivity contribution is 0.671. The number of fused-ring (bicyclic) bond motifs is 10. The predicted molar refractivity (Wildman–Crippen MR) is 199 cm³/mol. The zero-order valence-electron chi connectivity index (χ0n) is 26.1. The van der Waals surface area contributed by atoms with Gasteiger partial charge in [-0.15, -0.1) is 0 Å². The molecule has 3 aromatic heterocycles. The highest BCUT2D eigenvalue weighted by Crippen LogP contribution is 2.43. The largest absolute Gasteiger partial charge is 0.454 e. The van der Waals surface area contributed by atoms with E-state index in [1.165, 1.54) is 0 Å². The van der Waals surface area contributed by atoms with Crippen LogP contribution in [0.25, 0.3) is 92.9 Å². The van der Waals surface area contributed by atoms with Crippen LogP contribution in [0.15, 0.2) is 150 Å². The molecule has 0 amide bonds. The molecule has 0 atom stereocenters. The van der Waals surface area contributed by atoms with E-state index in [4.69, 9.17) is 11.0 Å². The second-order valence-corrected chi connectivity index (χ2v) is 12.3. The molecule has 0 fully saturated rings. The maximum atomic E-state index is 10.4. The first kappa shape index (κ1) is 27.1. The van der Waals surface area contributed by atoms with E-state index >= 15 is 0 Å². The van der Waals surface area contributed by atoms with Gasteiger partial charge in [0.2, 0.25) is 5.69 Å². The van der Waals surface area contributed by atoms with Crippen molar-refractivity contribution < 1.29 is 4.42 Å². The Kier molecular flexibility index (Phi) is 5.64. The van der Waals surface area contributed by atoms with E-state index in [1.54, 1.807) is 0 Å².